The lowest BCUT2D eigenvalue weighted by molar-refractivity contribution is 0.0103. The quantitative estimate of drug-likeness (QED) is 0.528. The van der Waals surface area contributed by atoms with Gasteiger partial charge in [0, 0.05) is 18.1 Å². The lowest BCUT2D eigenvalue weighted by Gasteiger charge is -2.56. The number of hydrogen-bond donors (Lipinski definition) is 3. The van der Waals surface area contributed by atoms with Crippen molar-refractivity contribution >= 4 is 17.8 Å². The van der Waals surface area contributed by atoms with Crippen LogP contribution in [0.15, 0.2) is 30.3 Å². The first-order valence-electron chi connectivity index (χ1n) is 12.8. The zero-order chi connectivity index (χ0) is 21.4. The molecule has 3 N–H and O–H groups in total. The van der Waals surface area contributed by atoms with Crippen LogP contribution in [0.1, 0.15) is 76.2 Å². The van der Waals surface area contributed by atoms with Gasteiger partial charge in [0.15, 0.2) is 0 Å². The van der Waals surface area contributed by atoms with E-state index in [0.29, 0.717) is 18.5 Å². The molecule has 1 aromatic heterocycles. The van der Waals surface area contributed by atoms with Crippen molar-refractivity contribution in [1.82, 2.24) is 15.0 Å². The van der Waals surface area contributed by atoms with E-state index in [0.717, 1.165) is 29.7 Å². The van der Waals surface area contributed by atoms with Crippen molar-refractivity contribution in [2.75, 3.05) is 16.0 Å². The first-order chi connectivity index (χ1) is 15.7. The number of nitrogens with one attached hydrogen (secondary N) is 3. The van der Waals surface area contributed by atoms with Crippen molar-refractivity contribution in [1.29, 1.82) is 0 Å². The molecule has 6 heteroatoms. The Morgan fingerprint density at radius 3 is 2.06 bits per heavy atom. The zero-order valence-corrected chi connectivity index (χ0v) is 19.0. The van der Waals surface area contributed by atoms with Gasteiger partial charge in [-0.15, -0.1) is 0 Å². The highest BCUT2D eigenvalue weighted by atomic mass is 15.3. The Kier molecular flexibility index (Phi) is 5.40. The summed E-state index contributed by atoms with van der Waals surface area (Å²) in [5.41, 5.74) is 1.42. The molecule has 0 atom stereocenters. The van der Waals surface area contributed by atoms with Crippen molar-refractivity contribution in [3.8, 4) is 0 Å². The molecular formula is C26H36N6. The molecule has 2 aromatic rings. The van der Waals surface area contributed by atoms with E-state index >= 15 is 0 Å². The Bertz CT molecular complexity index is 888. The number of benzene rings is 1. The molecule has 32 heavy (non-hydrogen) atoms. The summed E-state index contributed by atoms with van der Waals surface area (Å²) >= 11 is 0. The van der Waals surface area contributed by atoms with Crippen molar-refractivity contribution in [2.45, 2.75) is 88.8 Å². The maximum Gasteiger partial charge on any atom is 0.229 e. The van der Waals surface area contributed by atoms with Crippen LogP contribution in [0, 0.1) is 17.8 Å². The van der Waals surface area contributed by atoms with Gasteiger partial charge >= 0.3 is 0 Å². The summed E-state index contributed by atoms with van der Waals surface area (Å²) in [7, 11) is 0. The predicted molar refractivity (Wildman–Crippen MR) is 129 cm³/mol. The highest BCUT2D eigenvalue weighted by molar-refractivity contribution is 5.45. The Hall–Kier alpha value is -2.37. The second-order valence-corrected chi connectivity index (χ2v) is 10.9. The van der Waals surface area contributed by atoms with Gasteiger partial charge in [0.05, 0.1) is 0 Å². The first kappa shape index (κ1) is 20.3. The van der Waals surface area contributed by atoms with Gasteiger partial charge in [0.1, 0.15) is 0 Å². The van der Waals surface area contributed by atoms with Gasteiger partial charge in [-0.25, -0.2) is 0 Å². The van der Waals surface area contributed by atoms with E-state index in [9.17, 15) is 0 Å². The minimum atomic E-state index is 0.189. The summed E-state index contributed by atoms with van der Waals surface area (Å²) in [6.07, 6.45) is 14.5. The summed E-state index contributed by atoms with van der Waals surface area (Å²) in [5.74, 6) is 4.81. The normalized spacial score (nSPS) is 31.4. The van der Waals surface area contributed by atoms with E-state index in [1.807, 2.05) is 6.07 Å². The predicted octanol–water partition coefficient (Wildman–Crippen LogP) is 5.61. The number of hydrogen-bond acceptors (Lipinski definition) is 6. The van der Waals surface area contributed by atoms with E-state index in [1.165, 1.54) is 76.2 Å². The van der Waals surface area contributed by atoms with Crippen LogP contribution in [0.5, 0.6) is 0 Å². The standard InChI is InChI=1S/C26H36N6/c1-3-7-18(8-4-1)17-27-23-29-24(28-22-9-5-2-6-10-22)31-25(30-23)32-26-14-19-11-20(15-26)13-21(12-19)16-26/h1,3-4,7-8,19-22H,2,5-6,9-17H2,(H3,27,28,29,30,31,32). The Balaban J connectivity index is 1.23. The van der Waals surface area contributed by atoms with Crippen LogP contribution in [0.2, 0.25) is 0 Å². The van der Waals surface area contributed by atoms with Gasteiger partial charge < -0.3 is 16.0 Å². The maximum atomic E-state index is 4.87. The molecular weight excluding hydrogens is 396 g/mol. The van der Waals surface area contributed by atoms with Gasteiger partial charge in [-0.1, -0.05) is 49.6 Å². The van der Waals surface area contributed by atoms with Crippen molar-refractivity contribution in [3.63, 3.8) is 0 Å². The topological polar surface area (TPSA) is 74.8 Å². The smallest absolute Gasteiger partial charge is 0.229 e. The summed E-state index contributed by atoms with van der Waals surface area (Å²) < 4.78 is 0. The van der Waals surface area contributed by atoms with E-state index in [1.54, 1.807) is 0 Å². The van der Waals surface area contributed by atoms with E-state index in [4.69, 9.17) is 15.0 Å². The van der Waals surface area contributed by atoms with Gasteiger partial charge in [-0.2, -0.15) is 15.0 Å². The Morgan fingerprint density at radius 1 is 0.750 bits per heavy atom. The third kappa shape index (κ3) is 4.41. The molecule has 0 spiro atoms. The third-order valence-corrected chi connectivity index (χ3v) is 8.28. The first-order valence-corrected chi connectivity index (χ1v) is 12.8. The Labute approximate surface area is 191 Å². The third-order valence-electron chi connectivity index (χ3n) is 8.28. The van der Waals surface area contributed by atoms with Gasteiger partial charge in [0.25, 0.3) is 0 Å². The zero-order valence-electron chi connectivity index (χ0n) is 19.0. The van der Waals surface area contributed by atoms with Crippen molar-refractivity contribution < 1.29 is 0 Å². The maximum absolute atomic E-state index is 4.87. The highest BCUT2D eigenvalue weighted by Crippen LogP contribution is 2.56. The van der Waals surface area contributed by atoms with Crippen LogP contribution in [0.3, 0.4) is 0 Å². The minimum Gasteiger partial charge on any atom is -0.351 e. The van der Waals surface area contributed by atoms with E-state index in [2.05, 4.69) is 40.2 Å². The van der Waals surface area contributed by atoms with Crippen molar-refractivity contribution in [3.05, 3.63) is 35.9 Å². The molecule has 0 saturated heterocycles. The lowest BCUT2D eigenvalue weighted by Crippen LogP contribution is -2.55. The van der Waals surface area contributed by atoms with Crippen LogP contribution in [-0.2, 0) is 6.54 Å². The largest absolute Gasteiger partial charge is 0.351 e. The number of rotatable bonds is 7. The second-order valence-electron chi connectivity index (χ2n) is 10.9. The number of anilines is 3. The summed E-state index contributed by atoms with van der Waals surface area (Å²) in [6.45, 7) is 0.713. The van der Waals surface area contributed by atoms with Gasteiger partial charge in [-0.3, -0.25) is 0 Å². The lowest BCUT2D eigenvalue weighted by atomic mass is 9.53. The molecule has 0 radical (unpaired) electrons. The average molecular weight is 433 g/mol. The molecule has 7 rings (SSSR count). The number of nitrogens with zero attached hydrogens (tertiary/aromatic N) is 3. The fraction of sp³-hybridized carbons (Fsp3) is 0.654. The summed E-state index contributed by atoms with van der Waals surface area (Å²) in [6, 6.07) is 10.9. The molecule has 5 aliphatic carbocycles. The molecule has 5 saturated carbocycles. The monoisotopic (exact) mass is 432 g/mol. The second kappa shape index (κ2) is 8.53. The molecule has 1 aromatic carbocycles. The summed E-state index contributed by atoms with van der Waals surface area (Å²) in [5, 5.41) is 10.9. The van der Waals surface area contributed by atoms with Crippen LogP contribution >= 0.6 is 0 Å². The molecule has 0 amide bonds. The highest BCUT2D eigenvalue weighted by Gasteiger charge is 2.51. The van der Waals surface area contributed by atoms with Crippen LogP contribution in [0.4, 0.5) is 17.8 Å². The number of aromatic nitrogens is 3. The molecule has 1 heterocycles. The molecule has 0 aliphatic heterocycles. The minimum absolute atomic E-state index is 0.189. The molecule has 5 aliphatic rings. The molecule has 5 fully saturated rings. The molecule has 0 unspecified atom stereocenters. The fourth-order valence-electron chi connectivity index (χ4n) is 7.28. The summed E-state index contributed by atoms with van der Waals surface area (Å²) in [4.78, 5) is 14.5. The molecule has 4 bridgehead atoms. The van der Waals surface area contributed by atoms with Crippen molar-refractivity contribution in [2.24, 2.45) is 17.8 Å². The van der Waals surface area contributed by atoms with Gasteiger partial charge in [-0.05, 0) is 74.7 Å². The Morgan fingerprint density at radius 2 is 1.38 bits per heavy atom. The van der Waals surface area contributed by atoms with E-state index < -0.39 is 0 Å². The average Bonchev–Trinajstić information content (AvgIpc) is 2.78. The van der Waals surface area contributed by atoms with E-state index in [-0.39, 0.29) is 5.54 Å². The molecule has 6 nitrogen and oxygen atoms in total. The van der Waals surface area contributed by atoms with Crippen LogP contribution < -0.4 is 16.0 Å². The van der Waals surface area contributed by atoms with Gasteiger partial charge in [0.2, 0.25) is 17.8 Å². The fourth-order valence-corrected chi connectivity index (χ4v) is 7.28. The van der Waals surface area contributed by atoms with Crippen LogP contribution in [0.25, 0.3) is 0 Å². The SMILES string of the molecule is c1ccc(CNc2nc(NC3CCCCC3)nc(NC34CC5CC(CC(C5)C3)C4)n2)cc1. The molecule has 170 valence electrons. The van der Waals surface area contributed by atoms with Crippen LogP contribution in [-0.4, -0.2) is 26.5 Å².